The van der Waals surface area contributed by atoms with Crippen LogP contribution in [-0.4, -0.2) is 46.5 Å². The van der Waals surface area contributed by atoms with Crippen LogP contribution in [0.25, 0.3) is 0 Å². The summed E-state index contributed by atoms with van der Waals surface area (Å²) in [6.07, 6.45) is 3.25. The van der Waals surface area contributed by atoms with E-state index >= 15 is 0 Å². The lowest BCUT2D eigenvalue weighted by Crippen LogP contribution is -2.49. The number of nitrogens with zero attached hydrogens (tertiary/aromatic N) is 2. The predicted octanol–water partition coefficient (Wildman–Crippen LogP) is 3.39. The summed E-state index contributed by atoms with van der Waals surface area (Å²) in [4.78, 5) is 27.1. The van der Waals surface area contributed by atoms with Gasteiger partial charge in [-0.15, -0.1) is 11.3 Å². The number of thiophene rings is 1. The summed E-state index contributed by atoms with van der Waals surface area (Å²) in [7, 11) is 1.72. The molecule has 1 aliphatic rings. The molecule has 1 unspecified atom stereocenters. The highest BCUT2D eigenvalue weighted by molar-refractivity contribution is 9.11. The number of carboxylic acids is 1. The van der Waals surface area contributed by atoms with Crippen molar-refractivity contribution in [1.29, 1.82) is 0 Å². The summed E-state index contributed by atoms with van der Waals surface area (Å²) in [5, 5.41) is 11.3. The molecular weight excluding hydrogens is 356 g/mol. The van der Waals surface area contributed by atoms with E-state index in [1.54, 1.807) is 23.3 Å². The third-order valence-electron chi connectivity index (χ3n) is 3.65. The molecule has 0 bridgehead atoms. The Labute approximate surface area is 136 Å². The molecule has 1 N–H and O–H groups in total. The molecule has 0 spiro atoms. The zero-order valence-corrected chi connectivity index (χ0v) is 14.3. The molecule has 0 aromatic carbocycles. The van der Waals surface area contributed by atoms with E-state index in [0.717, 1.165) is 28.6 Å². The third kappa shape index (κ3) is 4.20. The molecule has 0 saturated carbocycles. The van der Waals surface area contributed by atoms with Crippen LogP contribution in [0.2, 0.25) is 0 Å². The Kier molecular flexibility index (Phi) is 5.64. The molecule has 1 fully saturated rings. The van der Waals surface area contributed by atoms with E-state index in [9.17, 15) is 14.7 Å². The van der Waals surface area contributed by atoms with Gasteiger partial charge in [0.25, 0.3) is 0 Å². The van der Waals surface area contributed by atoms with Crippen LogP contribution in [0, 0.1) is 0 Å². The molecular formula is C14H19BrN2O3S. The standard InChI is InChI=1S/C14H19BrN2O3S/c1-16(8-10-7-12(15)21-9-10)14(20)17-6-4-2-3-5-11(17)13(18)19/h7,9,11H,2-6,8H2,1H3,(H,18,19). The van der Waals surface area contributed by atoms with Gasteiger partial charge in [0.1, 0.15) is 6.04 Å². The Morgan fingerprint density at radius 3 is 2.86 bits per heavy atom. The van der Waals surface area contributed by atoms with E-state index in [-0.39, 0.29) is 6.03 Å². The number of carboxylic acid groups (broad SMARTS) is 1. The van der Waals surface area contributed by atoms with Gasteiger partial charge in [-0.05, 0) is 45.8 Å². The van der Waals surface area contributed by atoms with Gasteiger partial charge in [-0.3, -0.25) is 0 Å². The number of amides is 2. The second kappa shape index (κ2) is 7.26. The molecule has 1 aromatic heterocycles. The van der Waals surface area contributed by atoms with E-state index in [1.807, 2.05) is 11.4 Å². The monoisotopic (exact) mass is 374 g/mol. The van der Waals surface area contributed by atoms with Crippen molar-refractivity contribution in [2.24, 2.45) is 0 Å². The minimum atomic E-state index is -0.906. The number of urea groups is 1. The first-order chi connectivity index (χ1) is 9.99. The second-order valence-electron chi connectivity index (χ2n) is 5.29. The van der Waals surface area contributed by atoms with Crippen LogP contribution in [-0.2, 0) is 11.3 Å². The van der Waals surface area contributed by atoms with Gasteiger partial charge >= 0.3 is 12.0 Å². The van der Waals surface area contributed by atoms with Gasteiger partial charge in [-0.1, -0.05) is 12.8 Å². The van der Waals surface area contributed by atoms with E-state index in [1.165, 1.54) is 4.90 Å². The topological polar surface area (TPSA) is 60.9 Å². The number of hydrogen-bond donors (Lipinski definition) is 1. The van der Waals surface area contributed by atoms with E-state index in [0.29, 0.717) is 19.5 Å². The third-order valence-corrected chi connectivity index (χ3v) is 5.20. The highest BCUT2D eigenvalue weighted by Crippen LogP contribution is 2.23. The van der Waals surface area contributed by atoms with Crippen molar-refractivity contribution >= 4 is 39.3 Å². The van der Waals surface area contributed by atoms with Crippen LogP contribution in [0.3, 0.4) is 0 Å². The Hall–Kier alpha value is -1.08. The number of carbonyl (C=O) groups is 2. The smallest absolute Gasteiger partial charge is 0.326 e. The first kappa shape index (κ1) is 16.3. The Bertz CT molecular complexity index is 520. The lowest BCUT2D eigenvalue weighted by molar-refractivity contribution is -0.142. The maximum atomic E-state index is 12.6. The van der Waals surface area contributed by atoms with E-state index in [2.05, 4.69) is 15.9 Å². The number of halogens is 1. The molecule has 21 heavy (non-hydrogen) atoms. The maximum Gasteiger partial charge on any atom is 0.326 e. The quantitative estimate of drug-likeness (QED) is 0.881. The first-order valence-electron chi connectivity index (χ1n) is 6.96. The van der Waals surface area contributed by atoms with Gasteiger partial charge in [-0.25, -0.2) is 9.59 Å². The van der Waals surface area contributed by atoms with Gasteiger partial charge in [-0.2, -0.15) is 0 Å². The first-order valence-corrected chi connectivity index (χ1v) is 8.63. The van der Waals surface area contributed by atoms with Crippen LogP contribution in [0.15, 0.2) is 15.2 Å². The fraction of sp³-hybridized carbons (Fsp3) is 0.571. The van der Waals surface area contributed by atoms with Crippen LogP contribution in [0.1, 0.15) is 31.2 Å². The fourth-order valence-electron chi connectivity index (χ4n) is 2.58. The molecule has 1 aliphatic heterocycles. The largest absolute Gasteiger partial charge is 0.480 e. The highest BCUT2D eigenvalue weighted by Gasteiger charge is 2.32. The Morgan fingerprint density at radius 2 is 2.24 bits per heavy atom. The number of aliphatic carboxylic acids is 1. The second-order valence-corrected chi connectivity index (χ2v) is 7.58. The van der Waals surface area contributed by atoms with Crippen molar-refractivity contribution in [2.45, 2.75) is 38.3 Å². The number of hydrogen-bond acceptors (Lipinski definition) is 3. The summed E-state index contributed by atoms with van der Waals surface area (Å²) in [6.45, 7) is 1.01. The Balaban J connectivity index is 2.06. The summed E-state index contributed by atoms with van der Waals surface area (Å²) >= 11 is 4.98. The summed E-state index contributed by atoms with van der Waals surface area (Å²) in [6, 6.07) is 1.08. The molecule has 2 rings (SSSR count). The zero-order valence-electron chi connectivity index (χ0n) is 11.9. The maximum absolute atomic E-state index is 12.6. The summed E-state index contributed by atoms with van der Waals surface area (Å²) in [5.41, 5.74) is 1.05. The van der Waals surface area contributed by atoms with Crippen molar-refractivity contribution in [3.63, 3.8) is 0 Å². The zero-order chi connectivity index (χ0) is 15.4. The molecule has 1 aromatic rings. The average molecular weight is 375 g/mol. The van der Waals surface area contributed by atoms with Gasteiger partial charge in [0, 0.05) is 20.1 Å². The molecule has 5 nitrogen and oxygen atoms in total. The summed E-state index contributed by atoms with van der Waals surface area (Å²) in [5.74, 6) is -0.906. The van der Waals surface area contributed by atoms with E-state index in [4.69, 9.17) is 0 Å². The molecule has 0 aliphatic carbocycles. The van der Waals surface area contributed by atoms with Crippen molar-refractivity contribution in [3.8, 4) is 0 Å². The van der Waals surface area contributed by atoms with Crippen LogP contribution in [0.4, 0.5) is 4.79 Å². The van der Waals surface area contributed by atoms with Crippen molar-refractivity contribution in [2.75, 3.05) is 13.6 Å². The van der Waals surface area contributed by atoms with Gasteiger partial charge in [0.2, 0.25) is 0 Å². The van der Waals surface area contributed by atoms with Crippen molar-refractivity contribution in [3.05, 3.63) is 20.8 Å². The molecule has 1 atom stereocenters. The number of likely N-dealkylation sites (tertiary alicyclic amines) is 1. The average Bonchev–Trinajstić information content (AvgIpc) is 2.71. The van der Waals surface area contributed by atoms with Gasteiger partial charge in [0.05, 0.1) is 3.79 Å². The predicted molar refractivity (Wildman–Crippen MR) is 85.5 cm³/mol. The lowest BCUT2D eigenvalue weighted by atomic mass is 10.1. The molecule has 116 valence electrons. The van der Waals surface area contributed by atoms with Gasteiger partial charge in [0.15, 0.2) is 0 Å². The minimum Gasteiger partial charge on any atom is -0.480 e. The molecule has 2 amide bonds. The fourth-order valence-corrected chi connectivity index (χ4v) is 3.78. The molecule has 7 heteroatoms. The van der Waals surface area contributed by atoms with Crippen LogP contribution >= 0.6 is 27.3 Å². The number of rotatable bonds is 3. The van der Waals surface area contributed by atoms with Crippen molar-refractivity contribution < 1.29 is 14.7 Å². The van der Waals surface area contributed by atoms with Gasteiger partial charge < -0.3 is 14.9 Å². The van der Waals surface area contributed by atoms with E-state index < -0.39 is 12.0 Å². The Morgan fingerprint density at radius 1 is 1.48 bits per heavy atom. The number of carbonyl (C=O) groups excluding carboxylic acids is 1. The molecule has 2 heterocycles. The lowest BCUT2D eigenvalue weighted by Gasteiger charge is -2.31. The minimum absolute atomic E-state index is 0.202. The normalized spacial score (nSPS) is 19.1. The summed E-state index contributed by atoms with van der Waals surface area (Å²) < 4.78 is 1.02. The van der Waals surface area contributed by atoms with Crippen LogP contribution in [0.5, 0.6) is 0 Å². The highest BCUT2D eigenvalue weighted by atomic mass is 79.9. The SMILES string of the molecule is CN(Cc1csc(Br)c1)C(=O)N1CCCCCC1C(=O)O. The van der Waals surface area contributed by atoms with Crippen molar-refractivity contribution in [1.82, 2.24) is 9.80 Å². The molecule has 0 radical (unpaired) electrons. The molecule has 1 saturated heterocycles. The van der Waals surface area contributed by atoms with Crippen LogP contribution < -0.4 is 0 Å².